The Morgan fingerprint density at radius 3 is 2.60 bits per heavy atom. The van der Waals surface area contributed by atoms with Gasteiger partial charge in [0.2, 0.25) is 0 Å². The molecule has 0 aliphatic carbocycles. The highest BCUT2D eigenvalue weighted by Gasteiger charge is 2.03. The van der Waals surface area contributed by atoms with E-state index in [0.29, 0.717) is 12.6 Å². The number of likely N-dealkylation sites (N-methyl/N-ethyl adjacent to an activating group) is 1. The largest absolute Gasteiger partial charge is 0.487 e. The van der Waals surface area contributed by atoms with E-state index < -0.39 is 0 Å². The number of nitrogens with zero attached hydrogens (tertiary/aromatic N) is 1. The number of benzene rings is 1. The highest BCUT2D eigenvalue weighted by atomic mass is 16.5. The molecule has 0 bridgehead atoms. The Kier molecular flexibility index (Phi) is 5.13. The van der Waals surface area contributed by atoms with Crippen molar-refractivity contribution in [3.8, 4) is 5.75 Å². The van der Waals surface area contributed by atoms with Crippen molar-refractivity contribution in [1.82, 2.24) is 10.3 Å². The number of pyridine rings is 1. The molecule has 0 saturated heterocycles. The fraction of sp³-hybridized carbons (Fsp3) is 0.353. The average molecular weight is 270 g/mol. The maximum atomic E-state index is 5.78. The second-order valence-electron chi connectivity index (χ2n) is 5.09. The van der Waals surface area contributed by atoms with E-state index in [1.807, 2.05) is 38.2 Å². The van der Waals surface area contributed by atoms with E-state index in [2.05, 4.69) is 29.4 Å². The van der Waals surface area contributed by atoms with Crippen LogP contribution in [-0.4, -0.2) is 18.1 Å². The predicted octanol–water partition coefficient (Wildman–Crippen LogP) is 3.12. The SMILES string of the molecule is CNC(C)Cc1ccc(OCc2ncccc2C)cc1. The molecular weight excluding hydrogens is 248 g/mol. The molecule has 1 aromatic heterocycles. The first-order valence-corrected chi connectivity index (χ1v) is 6.98. The van der Waals surface area contributed by atoms with Gasteiger partial charge in [-0.25, -0.2) is 0 Å². The number of aromatic nitrogens is 1. The molecule has 0 aliphatic rings. The van der Waals surface area contributed by atoms with E-state index in [0.717, 1.165) is 23.4 Å². The number of aryl methyl sites for hydroxylation is 1. The van der Waals surface area contributed by atoms with Crippen LogP contribution >= 0.6 is 0 Å². The zero-order valence-electron chi connectivity index (χ0n) is 12.4. The third-order valence-electron chi connectivity index (χ3n) is 3.45. The van der Waals surface area contributed by atoms with E-state index >= 15 is 0 Å². The Labute approximate surface area is 121 Å². The van der Waals surface area contributed by atoms with Gasteiger partial charge in [0, 0.05) is 12.2 Å². The van der Waals surface area contributed by atoms with Crippen molar-refractivity contribution in [2.45, 2.75) is 32.9 Å². The van der Waals surface area contributed by atoms with Gasteiger partial charge in [0.25, 0.3) is 0 Å². The molecule has 1 aromatic carbocycles. The van der Waals surface area contributed by atoms with E-state index in [-0.39, 0.29) is 0 Å². The van der Waals surface area contributed by atoms with Gasteiger partial charge in [0.05, 0.1) is 5.69 Å². The number of rotatable bonds is 6. The number of nitrogens with one attached hydrogen (secondary N) is 1. The Morgan fingerprint density at radius 2 is 1.95 bits per heavy atom. The van der Waals surface area contributed by atoms with E-state index in [9.17, 15) is 0 Å². The van der Waals surface area contributed by atoms with Gasteiger partial charge in [-0.2, -0.15) is 0 Å². The van der Waals surface area contributed by atoms with Crippen molar-refractivity contribution >= 4 is 0 Å². The van der Waals surface area contributed by atoms with Crippen molar-refractivity contribution in [2.24, 2.45) is 0 Å². The fourth-order valence-corrected chi connectivity index (χ4v) is 2.00. The van der Waals surface area contributed by atoms with Crippen molar-refractivity contribution in [1.29, 1.82) is 0 Å². The molecule has 0 spiro atoms. The second-order valence-corrected chi connectivity index (χ2v) is 5.09. The summed E-state index contributed by atoms with van der Waals surface area (Å²) in [4.78, 5) is 4.33. The summed E-state index contributed by atoms with van der Waals surface area (Å²) in [7, 11) is 1.98. The highest BCUT2D eigenvalue weighted by Crippen LogP contribution is 2.15. The summed E-state index contributed by atoms with van der Waals surface area (Å²) < 4.78 is 5.78. The van der Waals surface area contributed by atoms with E-state index in [1.165, 1.54) is 5.56 Å². The third-order valence-corrected chi connectivity index (χ3v) is 3.45. The molecule has 1 unspecified atom stereocenters. The maximum absolute atomic E-state index is 5.78. The van der Waals surface area contributed by atoms with Crippen LogP contribution < -0.4 is 10.1 Å². The summed E-state index contributed by atoms with van der Waals surface area (Å²) in [6, 6.07) is 12.8. The molecule has 0 amide bonds. The molecule has 3 nitrogen and oxygen atoms in total. The molecule has 0 saturated carbocycles. The first-order valence-electron chi connectivity index (χ1n) is 6.98. The summed E-state index contributed by atoms with van der Waals surface area (Å²) in [6.45, 7) is 4.74. The standard InChI is InChI=1S/C17H22N2O/c1-13-5-4-10-19-17(13)12-20-16-8-6-15(7-9-16)11-14(2)18-3/h4-10,14,18H,11-12H2,1-3H3. The van der Waals surface area contributed by atoms with Gasteiger partial charge in [-0.15, -0.1) is 0 Å². The second kappa shape index (κ2) is 7.06. The fourth-order valence-electron chi connectivity index (χ4n) is 2.00. The van der Waals surface area contributed by atoms with Crippen molar-refractivity contribution in [3.05, 3.63) is 59.4 Å². The Bertz CT molecular complexity index is 537. The maximum Gasteiger partial charge on any atom is 0.130 e. The van der Waals surface area contributed by atoms with Crippen LogP contribution in [0, 0.1) is 6.92 Å². The van der Waals surface area contributed by atoms with Gasteiger partial charge >= 0.3 is 0 Å². The molecule has 20 heavy (non-hydrogen) atoms. The smallest absolute Gasteiger partial charge is 0.130 e. The van der Waals surface area contributed by atoms with Gasteiger partial charge in [-0.3, -0.25) is 4.98 Å². The minimum atomic E-state index is 0.484. The Balaban J connectivity index is 1.92. The Hall–Kier alpha value is -1.87. The molecular formula is C17H22N2O. The molecule has 1 N–H and O–H groups in total. The molecule has 106 valence electrons. The van der Waals surface area contributed by atoms with Crippen LogP contribution in [0.1, 0.15) is 23.7 Å². The molecule has 3 heteroatoms. The molecule has 1 heterocycles. The zero-order chi connectivity index (χ0) is 14.4. The highest BCUT2D eigenvalue weighted by molar-refractivity contribution is 5.28. The summed E-state index contributed by atoms with van der Waals surface area (Å²) >= 11 is 0. The first kappa shape index (κ1) is 14.5. The van der Waals surface area contributed by atoms with Crippen molar-refractivity contribution in [3.63, 3.8) is 0 Å². The van der Waals surface area contributed by atoms with Crippen molar-refractivity contribution < 1.29 is 4.74 Å². The molecule has 2 rings (SSSR count). The van der Waals surface area contributed by atoms with Crippen LogP contribution in [0.2, 0.25) is 0 Å². The minimum Gasteiger partial charge on any atom is -0.487 e. The average Bonchev–Trinajstić information content (AvgIpc) is 2.48. The number of hydrogen-bond acceptors (Lipinski definition) is 3. The monoisotopic (exact) mass is 270 g/mol. The molecule has 1 atom stereocenters. The quantitative estimate of drug-likeness (QED) is 0.875. The van der Waals surface area contributed by atoms with Crippen LogP contribution in [-0.2, 0) is 13.0 Å². The number of hydrogen-bond donors (Lipinski definition) is 1. The van der Waals surface area contributed by atoms with Gasteiger partial charge in [0.15, 0.2) is 0 Å². The molecule has 0 radical (unpaired) electrons. The van der Waals surface area contributed by atoms with Gasteiger partial charge < -0.3 is 10.1 Å². The summed E-state index contributed by atoms with van der Waals surface area (Å²) in [5.41, 5.74) is 3.46. The van der Waals surface area contributed by atoms with Crippen LogP contribution in [0.4, 0.5) is 0 Å². The van der Waals surface area contributed by atoms with Gasteiger partial charge in [-0.1, -0.05) is 18.2 Å². The first-order chi connectivity index (χ1) is 9.69. The normalized spacial score (nSPS) is 12.2. The molecule has 0 aliphatic heterocycles. The number of ether oxygens (including phenoxy) is 1. The van der Waals surface area contributed by atoms with E-state index in [1.54, 1.807) is 6.20 Å². The third kappa shape index (κ3) is 4.07. The lowest BCUT2D eigenvalue weighted by atomic mass is 10.1. The van der Waals surface area contributed by atoms with Gasteiger partial charge in [-0.05, 0) is 56.6 Å². The minimum absolute atomic E-state index is 0.484. The van der Waals surface area contributed by atoms with Crippen LogP contribution in [0.3, 0.4) is 0 Å². The van der Waals surface area contributed by atoms with Crippen LogP contribution in [0.5, 0.6) is 5.75 Å². The summed E-state index contributed by atoms with van der Waals surface area (Å²) in [5.74, 6) is 0.885. The molecule has 2 aromatic rings. The lowest BCUT2D eigenvalue weighted by molar-refractivity contribution is 0.300. The van der Waals surface area contributed by atoms with Crippen LogP contribution in [0.15, 0.2) is 42.6 Å². The lowest BCUT2D eigenvalue weighted by Gasteiger charge is -2.11. The van der Waals surface area contributed by atoms with Crippen molar-refractivity contribution in [2.75, 3.05) is 7.05 Å². The Morgan fingerprint density at radius 1 is 1.20 bits per heavy atom. The van der Waals surface area contributed by atoms with E-state index in [4.69, 9.17) is 4.74 Å². The van der Waals surface area contributed by atoms with Gasteiger partial charge in [0.1, 0.15) is 12.4 Å². The summed E-state index contributed by atoms with van der Waals surface area (Å²) in [6.07, 6.45) is 2.82. The molecule has 0 fully saturated rings. The lowest BCUT2D eigenvalue weighted by Crippen LogP contribution is -2.23. The topological polar surface area (TPSA) is 34.1 Å². The summed E-state index contributed by atoms with van der Waals surface area (Å²) in [5, 5.41) is 3.24. The van der Waals surface area contributed by atoms with Crippen LogP contribution in [0.25, 0.3) is 0 Å². The zero-order valence-corrected chi connectivity index (χ0v) is 12.4. The predicted molar refractivity (Wildman–Crippen MR) is 82.0 cm³/mol.